The van der Waals surface area contributed by atoms with Gasteiger partial charge in [-0.2, -0.15) is 4.40 Å². The summed E-state index contributed by atoms with van der Waals surface area (Å²) in [6.07, 6.45) is 0.979. The zero-order chi connectivity index (χ0) is 12.3. The Morgan fingerprint density at radius 2 is 1.67 bits per heavy atom. The fraction of sp³-hybridized carbons (Fsp3) is 0.800. The van der Waals surface area contributed by atoms with Crippen LogP contribution in [0.2, 0.25) is 0 Å². The quantitative estimate of drug-likeness (QED) is 0.540. The van der Waals surface area contributed by atoms with Gasteiger partial charge >= 0.3 is 5.97 Å². The Morgan fingerprint density at radius 1 is 1.20 bits per heavy atom. The molecule has 15 heavy (non-hydrogen) atoms. The molecule has 0 rings (SSSR count). The average molecular weight is 233 g/mol. The molecule has 5 heteroatoms. The average Bonchev–Trinajstić information content (AvgIpc) is 1.94. The number of hydrogen-bond acceptors (Lipinski definition) is 3. The second-order valence-corrected chi connectivity index (χ2v) is 7.06. The molecule has 0 saturated heterocycles. The van der Waals surface area contributed by atoms with Gasteiger partial charge in [0.05, 0.1) is 4.75 Å². The van der Waals surface area contributed by atoms with Crippen molar-refractivity contribution in [2.45, 2.75) is 51.9 Å². The topological polar surface area (TPSA) is 55.7 Å². The summed E-state index contributed by atoms with van der Waals surface area (Å²) < 4.78 is 19.6. The van der Waals surface area contributed by atoms with Crippen LogP contribution in [0.4, 0.5) is 0 Å². The lowest BCUT2D eigenvalue weighted by Crippen LogP contribution is -2.25. The van der Waals surface area contributed by atoms with Crippen LogP contribution < -0.4 is 0 Å². The largest absolute Gasteiger partial charge is 0.456 e. The van der Waals surface area contributed by atoms with Gasteiger partial charge in [0.1, 0.15) is 22.8 Å². The molecule has 1 atom stereocenters. The van der Waals surface area contributed by atoms with Gasteiger partial charge in [-0.05, 0) is 41.5 Å². The van der Waals surface area contributed by atoms with Crippen LogP contribution in [0.5, 0.6) is 0 Å². The fourth-order valence-electron chi connectivity index (χ4n) is 0.577. The molecule has 0 aromatic rings. The van der Waals surface area contributed by atoms with Gasteiger partial charge in [0.15, 0.2) is 0 Å². The Kier molecular flexibility index (Phi) is 4.65. The lowest BCUT2D eigenvalue weighted by molar-refractivity contribution is -0.145. The van der Waals surface area contributed by atoms with Crippen molar-refractivity contribution >= 4 is 23.2 Å². The van der Waals surface area contributed by atoms with E-state index in [1.165, 1.54) is 0 Å². The normalized spacial score (nSPS) is 15.3. The minimum atomic E-state index is -1.42. The van der Waals surface area contributed by atoms with Crippen molar-refractivity contribution in [3.63, 3.8) is 0 Å². The van der Waals surface area contributed by atoms with Crippen molar-refractivity contribution < 1.29 is 13.7 Å². The van der Waals surface area contributed by atoms with Crippen molar-refractivity contribution in [3.05, 3.63) is 0 Å². The number of carbonyl (C=O) groups excluding carboxylic acids is 1. The molecule has 0 spiro atoms. The lowest BCUT2D eigenvalue weighted by atomic mass is 10.2. The third-order valence-electron chi connectivity index (χ3n) is 1.18. The van der Waals surface area contributed by atoms with Crippen LogP contribution in [0, 0.1) is 0 Å². The maximum Gasteiger partial charge on any atom is 0.350 e. The third kappa shape index (κ3) is 7.25. The van der Waals surface area contributed by atoms with Crippen LogP contribution in [0.25, 0.3) is 0 Å². The zero-order valence-corrected chi connectivity index (χ0v) is 11.0. The summed E-state index contributed by atoms with van der Waals surface area (Å²) in [6, 6.07) is 0. The maximum atomic E-state index is 11.4. The highest BCUT2D eigenvalue weighted by molar-refractivity contribution is 7.85. The number of ether oxygens (including phenoxy) is 1. The van der Waals surface area contributed by atoms with Crippen LogP contribution in [0.15, 0.2) is 4.40 Å². The molecule has 0 aliphatic carbocycles. The van der Waals surface area contributed by atoms with E-state index in [0.717, 1.165) is 6.21 Å². The van der Waals surface area contributed by atoms with Gasteiger partial charge in [-0.3, -0.25) is 0 Å². The summed E-state index contributed by atoms with van der Waals surface area (Å²) in [5.41, 5.74) is -0.549. The number of nitrogens with zero attached hydrogens (tertiary/aromatic N) is 1. The van der Waals surface area contributed by atoms with Crippen molar-refractivity contribution in [3.8, 4) is 0 Å². The van der Waals surface area contributed by atoms with Crippen LogP contribution in [-0.2, 0) is 20.5 Å². The predicted octanol–water partition coefficient (Wildman–Crippen LogP) is 1.86. The minimum Gasteiger partial charge on any atom is -0.456 e. The van der Waals surface area contributed by atoms with Gasteiger partial charge in [-0.15, -0.1) is 0 Å². The van der Waals surface area contributed by atoms with E-state index in [1.54, 1.807) is 41.5 Å². The van der Waals surface area contributed by atoms with Gasteiger partial charge in [-0.1, -0.05) is 0 Å². The first-order valence-electron chi connectivity index (χ1n) is 4.71. The van der Waals surface area contributed by atoms with E-state index < -0.39 is 27.3 Å². The molecule has 88 valence electrons. The Morgan fingerprint density at radius 3 is 2.00 bits per heavy atom. The summed E-state index contributed by atoms with van der Waals surface area (Å²) in [5, 5.41) is 0. The predicted molar refractivity (Wildman–Crippen MR) is 62.2 cm³/mol. The zero-order valence-electron chi connectivity index (χ0n) is 10.2. The van der Waals surface area contributed by atoms with Gasteiger partial charge in [-0.25, -0.2) is 9.00 Å². The molecule has 0 fully saturated rings. The van der Waals surface area contributed by atoms with E-state index in [0.29, 0.717) is 0 Å². The lowest BCUT2D eigenvalue weighted by Gasteiger charge is -2.18. The van der Waals surface area contributed by atoms with Crippen LogP contribution in [0.1, 0.15) is 41.5 Å². The molecule has 0 radical (unpaired) electrons. The SMILES string of the molecule is CC(C)(C)OC(=O)C=N[S@](=O)C(C)(C)C. The van der Waals surface area contributed by atoms with Crippen molar-refractivity contribution in [1.82, 2.24) is 0 Å². The minimum absolute atomic E-state index is 0.460. The molecular weight excluding hydrogens is 214 g/mol. The molecule has 0 aromatic carbocycles. The molecule has 0 aliphatic heterocycles. The summed E-state index contributed by atoms with van der Waals surface area (Å²) in [7, 11) is -1.42. The first-order chi connectivity index (χ1) is 6.52. The Balaban J connectivity index is 4.32. The summed E-state index contributed by atoms with van der Waals surface area (Å²) in [5.74, 6) is -0.569. The molecule has 0 N–H and O–H groups in total. The van der Waals surface area contributed by atoms with Gasteiger partial charge in [0, 0.05) is 0 Å². The Bertz CT molecular complexity index is 284. The maximum absolute atomic E-state index is 11.4. The van der Waals surface area contributed by atoms with Gasteiger partial charge < -0.3 is 4.74 Å². The number of rotatable bonds is 2. The second-order valence-electron chi connectivity index (χ2n) is 5.13. The first kappa shape index (κ1) is 14.3. The van der Waals surface area contributed by atoms with Crippen molar-refractivity contribution in [2.75, 3.05) is 0 Å². The Labute approximate surface area is 93.7 Å². The first-order valence-corrected chi connectivity index (χ1v) is 5.82. The highest BCUT2D eigenvalue weighted by Crippen LogP contribution is 2.12. The molecule has 0 aromatic heterocycles. The molecular formula is C10H19NO3S. The standard InChI is InChI=1S/C10H19NO3S/c1-9(2,3)14-8(12)7-11-15(13)10(4,5)6/h7H,1-6H3/t15-/m1/s1. The van der Waals surface area contributed by atoms with E-state index in [-0.39, 0.29) is 0 Å². The fourth-order valence-corrected chi connectivity index (χ4v) is 1.08. The molecule has 0 unspecified atom stereocenters. The van der Waals surface area contributed by atoms with Gasteiger partial charge in [0.2, 0.25) is 0 Å². The van der Waals surface area contributed by atoms with Crippen molar-refractivity contribution in [2.24, 2.45) is 4.40 Å². The molecule has 0 heterocycles. The van der Waals surface area contributed by atoms with Crippen LogP contribution in [-0.4, -0.2) is 26.7 Å². The van der Waals surface area contributed by atoms with Crippen LogP contribution in [0.3, 0.4) is 0 Å². The third-order valence-corrected chi connectivity index (χ3v) is 2.53. The molecule has 0 saturated carbocycles. The van der Waals surface area contributed by atoms with E-state index in [4.69, 9.17) is 4.74 Å². The summed E-state index contributed by atoms with van der Waals surface area (Å²) in [4.78, 5) is 11.2. The smallest absolute Gasteiger partial charge is 0.350 e. The van der Waals surface area contributed by atoms with Gasteiger partial charge in [0.25, 0.3) is 0 Å². The second kappa shape index (κ2) is 4.88. The number of esters is 1. The number of hydrogen-bond donors (Lipinski definition) is 0. The van der Waals surface area contributed by atoms with Crippen molar-refractivity contribution in [1.29, 1.82) is 0 Å². The van der Waals surface area contributed by atoms with E-state index in [1.807, 2.05) is 0 Å². The van der Waals surface area contributed by atoms with Crippen LogP contribution >= 0.6 is 0 Å². The molecule has 0 aliphatic rings. The number of carbonyl (C=O) groups is 1. The monoisotopic (exact) mass is 233 g/mol. The molecule has 0 amide bonds. The Hall–Kier alpha value is -0.710. The van der Waals surface area contributed by atoms with E-state index >= 15 is 0 Å². The summed E-state index contributed by atoms with van der Waals surface area (Å²) >= 11 is 0. The molecule has 0 bridgehead atoms. The summed E-state index contributed by atoms with van der Waals surface area (Å²) in [6.45, 7) is 10.7. The highest BCUT2D eigenvalue weighted by Gasteiger charge is 2.19. The van der Waals surface area contributed by atoms with E-state index in [2.05, 4.69) is 4.40 Å². The highest BCUT2D eigenvalue weighted by atomic mass is 32.2. The molecule has 4 nitrogen and oxygen atoms in total. The van der Waals surface area contributed by atoms with E-state index in [9.17, 15) is 9.00 Å².